The van der Waals surface area contributed by atoms with Gasteiger partial charge in [-0.15, -0.1) is 0 Å². The van der Waals surface area contributed by atoms with Crippen LogP contribution in [0.15, 0.2) is 12.1 Å². The van der Waals surface area contributed by atoms with Crippen LogP contribution in [0.1, 0.15) is 5.56 Å². The molecule has 3 nitrogen and oxygen atoms in total. The van der Waals surface area contributed by atoms with Gasteiger partial charge in [-0.1, -0.05) is 6.07 Å². The Hall–Kier alpha value is -1.20. The molecule has 1 aliphatic rings. The molecule has 94 valence electrons. The minimum Gasteiger partial charge on any atom is -0.503 e. The van der Waals surface area contributed by atoms with Crippen molar-refractivity contribution in [2.45, 2.75) is 6.42 Å². The van der Waals surface area contributed by atoms with Crippen LogP contribution in [0, 0.1) is 11.6 Å². The van der Waals surface area contributed by atoms with Crippen LogP contribution < -0.4 is 5.32 Å². The highest BCUT2D eigenvalue weighted by Gasteiger charge is 2.14. The van der Waals surface area contributed by atoms with Gasteiger partial charge in [0.2, 0.25) is 0 Å². The molecular formula is C12H16F2N2O. The molecule has 17 heavy (non-hydrogen) atoms. The highest BCUT2D eigenvalue weighted by molar-refractivity contribution is 5.31. The number of aromatic hydroxyl groups is 1. The Morgan fingerprint density at radius 2 is 1.94 bits per heavy atom. The molecule has 0 spiro atoms. The molecule has 0 saturated carbocycles. The molecule has 1 aromatic rings. The fraction of sp³-hybridized carbons (Fsp3) is 0.500. The third-order valence-corrected chi connectivity index (χ3v) is 3.05. The molecule has 5 heteroatoms. The standard InChI is InChI=1S/C12H16F2N2O/c13-10-2-1-9(11(14)12(10)17)3-6-16-7-4-15-5-8-16/h1-2,15,17H,3-8H2. The molecule has 0 atom stereocenters. The first-order valence-electron chi connectivity index (χ1n) is 5.77. The molecule has 0 radical (unpaired) electrons. The van der Waals surface area contributed by atoms with Crippen LogP contribution in [-0.2, 0) is 6.42 Å². The summed E-state index contributed by atoms with van der Waals surface area (Å²) in [5.41, 5.74) is 0.363. The van der Waals surface area contributed by atoms with Gasteiger partial charge >= 0.3 is 0 Å². The van der Waals surface area contributed by atoms with E-state index in [4.69, 9.17) is 5.11 Å². The Labute approximate surface area is 99.1 Å². The summed E-state index contributed by atoms with van der Waals surface area (Å²) in [6.45, 7) is 4.49. The van der Waals surface area contributed by atoms with E-state index in [0.717, 1.165) is 38.8 Å². The van der Waals surface area contributed by atoms with Crippen molar-refractivity contribution in [2.24, 2.45) is 0 Å². The Balaban J connectivity index is 1.96. The van der Waals surface area contributed by atoms with Gasteiger partial charge in [0, 0.05) is 32.7 Å². The Morgan fingerprint density at radius 3 is 2.65 bits per heavy atom. The predicted octanol–water partition coefficient (Wildman–Crippen LogP) is 1.12. The Kier molecular flexibility index (Phi) is 3.91. The van der Waals surface area contributed by atoms with Crippen LogP contribution in [0.3, 0.4) is 0 Å². The summed E-state index contributed by atoms with van der Waals surface area (Å²) in [4.78, 5) is 2.22. The molecular weight excluding hydrogens is 226 g/mol. The molecule has 1 aliphatic heterocycles. The van der Waals surface area contributed by atoms with E-state index in [9.17, 15) is 8.78 Å². The smallest absolute Gasteiger partial charge is 0.188 e. The molecule has 1 aromatic carbocycles. The van der Waals surface area contributed by atoms with E-state index in [1.807, 2.05) is 0 Å². The molecule has 0 aromatic heterocycles. The second kappa shape index (κ2) is 5.42. The van der Waals surface area contributed by atoms with E-state index in [0.29, 0.717) is 12.0 Å². The largest absolute Gasteiger partial charge is 0.503 e. The minimum absolute atomic E-state index is 0.363. The summed E-state index contributed by atoms with van der Waals surface area (Å²) in [5.74, 6) is -2.61. The number of benzene rings is 1. The molecule has 0 unspecified atom stereocenters. The van der Waals surface area contributed by atoms with E-state index in [1.54, 1.807) is 0 Å². The van der Waals surface area contributed by atoms with Gasteiger partial charge in [-0.3, -0.25) is 0 Å². The second-order valence-electron chi connectivity index (χ2n) is 4.21. The van der Waals surface area contributed by atoms with Crippen LogP contribution >= 0.6 is 0 Å². The zero-order valence-corrected chi connectivity index (χ0v) is 9.55. The molecule has 1 saturated heterocycles. The average molecular weight is 242 g/mol. The SMILES string of the molecule is Oc1c(F)ccc(CCN2CCNCC2)c1F. The normalized spacial score (nSPS) is 17.3. The number of hydrogen-bond acceptors (Lipinski definition) is 3. The number of phenolic OH excluding ortho intramolecular Hbond substituents is 1. The molecule has 1 fully saturated rings. The monoisotopic (exact) mass is 242 g/mol. The van der Waals surface area contributed by atoms with E-state index in [2.05, 4.69) is 10.2 Å². The summed E-state index contributed by atoms with van der Waals surface area (Å²) in [5, 5.41) is 12.4. The molecule has 0 amide bonds. The predicted molar refractivity (Wildman–Crippen MR) is 61.0 cm³/mol. The fourth-order valence-corrected chi connectivity index (χ4v) is 1.99. The highest BCUT2D eigenvalue weighted by Crippen LogP contribution is 2.23. The van der Waals surface area contributed by atoms with E-state index in [-0.39, 0.29) is 0 Å². The third kappa shape index (κ3) is 2.92. The quantitative estimate of drug-likeness (QED) is 0.833. The van der Waals surface area contributed by atoms with Crippen molar-refractivity contribution in [1.82, 2.24) is 10.2 Å². The summed E-state index contributed by atoms with van der Waals surface area (Å²) in [6, 6.07) is 2.50. The van der Waals surface area contributed by atoms with Crippen molar-refractivity contribution in [3.8, 4) is 5.75 Å². The van der Waals surface area contributed by atoms with Gasteiger partial charge < -0.3 is 15.3 Å². The number of phenols is 1. The zero-order chi connectivity index (χ0) is 12.3. The summed E-state index contributed by atoms with van der Waals surface area (Å²) in [6.07, 6.45) is 0.486. The number of halogens is 2. The third-order valence-electron chi connectivity index (χ3n) is 3.05. The minimum atomic E-state index is -0.909. The number of rotatable bonds is 3. The van der Waals surface area contributed by atoms with Crippen LogP contribution in [0.25, 0.3) is 0 Å². The van der Waals surface area contributed by atoms with Gasteiger partial charge in [0.15, 0.2) is 17.4 Å². The molecule has 1 heterocycles. The maximum atomic E-state index is 13.5. The van der Waals surface area contributed by atoms with Gasteiger partial charge in [-0.25, -0.2) is 8.78 Å². The molecule has 0 aliphatic carbocycles. The number of piperazine rings is 1. The number of nitrogens with one attached hydrogen (secondary N) is 1. The summed E-state index contributed by atoms with van der Waals surface area (Å²) >= 11 is 0. The second-order valence-corrected chi connectivity index (χ2v) is 4.21. The fourth-order valence-electron chi connectivity index (χ4n) is 1.99. The van der Waals surface area contributed by atoms with Crippen molar-refractivity contribution >= 4 is 0 Å². The molecule has 2 rings (SSSR count). The van der Waals surface area contributed by atoms with Gasteiger partial charge in [0.25, 0.3) is 0 Å². The lowest BCUT2D eigenvalue weighted by atomic mass is 10.1. The molecule has 2 N–H and O–H groups in total. The maximum absolute atomic E-state index is 13.5. The van der Waals surface area contributed by atoms with E-state index >= 15 is 0 Å². The lowest BCUT2D eigenvalue weighted by Crippen LogP contribution is -2.44. The first kappa shape index (κ1) is 12.3. The van der Waals surface area contributed by atoms with Crippen molar-refractivity contribution in [2.75, 3.05) is 32.7 Å². The average Bonchev–Trinajstić information content (AvgIpc) is 2.36. The first-order valence-corrected chi connectivity index (χ1v) is 5.77. The van der Waals surface area contributed by atoms with Crippen molar-refractivity contribution < 1.29 is 13.9 Å². The lowest BCUT2D eigenvalue weighted by molar-refractivity contribution is 0.243. The molecule has 0 bridgehead atoms. The number of hydrogen-bond donors (Lipinski definition) is 2. The van der Waals surface area contributed by atoms with Crippen LogP contribution in [0.4, 0.5) is 8.78 Å². The van der Waals surface area contributed by atoms with Gasteiger partial charge in [0.1, 0.15) is 0 Å². The number of nitrogens with zero attached hydrogens (tertiary/aromatic N) is 1. The van der Waals surface area contributed by atoms with E-state index < -0.39 is 17.4 Å². The van der Waals surface area contributed by atoms with Gasteiger partial charge in [0.05, 0.1) is 0 Å². The lowest BCUT2D eigenvalue weighted by Gasteiger charge is -2.27. The van der Waals surface area contributed by atoms with E-state index in [1.165, 1.54) is 6.07 Å². The first-order chi connectivity index (χ1) is 8.18. The van der Waals surface area contributed by atoms with Gasteiger partial charge in [-0.05, 0) is 18.1 Å². The highest BCUT2D eigenvalue weighted by atomic mass is 19.1. The maximum Gasteiger partial charge on any atom is 0.188 e. The summed E-state index contributed by atoms with van der Waals surface area (Å²) in [7, 11) is 0. The topological polar surface area (TPSA) is 35.5 Å². The van der Waals surface area contributed by atoms with Crippen LogP contribution in [-0.4, -0.2) is 42.7 Å². The van der Waals surface area contributed by atoms with Crippen molar-refractivity contribution in [1.29, 1.82) is 0 Å². The van der Waals surface area contributed by atoms with Crippen LogP contribution in [0.2, 0.25) is 0 Å². The Bertz CT molecular complexity index is 392. The van der Waals surface area contributed by atoms with Crippen molar-refractivity contribution in [3.05, 3.63) is 29.3 Å². The Morgan fingerprint density at radius 1 is 1.24 bits per heavy atom. The zero-order valence-electron chi connectivity index (χ0n) is 9.55. The summed E-state index contributed by atoms with van der Waals surface area (Å²) < 4.78 is 26.3. The van der Waals surface area contributed by atoms with Gasteiger partial charge in [-0.2, -0.15) is 0 Å². The van der Waals surface area contributed by atoms with Crippen molar-refractivity contribution in [3.63, 3.8) is 0 Å². The van der Waals surface area contributed by atoms with Crippen LogP contribution in [0.5, 0.6) is 5.75 Å².